The minimum Gasteiger partial charge on any atom is -0.315 e. The highest BCUT2D eigenvalue weighted by molar-refractivity contribution is 5.81. The molecule has 0 radical (unpaired) electrons. The second-order valence-corrected chi connectivity index (χ2v) is 3.71. The van der Waals surface area contributed by atoms with Gasteiger partial charge in [-0.2, -0.15) is 0 Å². The standard InChI is InChI=1S/C14H13NO/c1-2-3-6-10-15-11-9-12-7-4-5-8-13(12)14(15)16/h1,4-5,7-9,11H,3,6,10H2. The zero-order valence-electron chi connectivity index (χ0n) is 9.02. The predicted molar refractivity (Wildman–Crippen MR) is 66.3 cm³/mol. The quantitative estimate of drug-likeness (QED) is 0.564. The SMILES string of the molecule is C#CCCCn1ccc2ccccc2c1=O. The van der Waals surface area contributed by atoms with Gasteiger partial charge in [0.2, 0.25) is 0 Å². The van der Waals surface area contributed by atoms with Gasteiger partial charge in [0.15, 0.2) is 0 Å². The molecule has 2 aromatic rings. The summed E-state index contributed by atoms with van der Waals surface area (Å²) in [4.78, 5) is 12.0. The van der Waals surface area contributed by atoms with Crippen molar-refractivity contribution in [3.05, 3.63) is 46.9 Å². The van der Waals surface area contributed by atoms with Crippen LogP contribution in [0.15, 0.2) is 41.3 Å². The number of hydrogen-bond acceptors (Lipinski definition) is 1. The van der Waals surface area contributed by atoms with Crippen molar-refractivity contribution in [1.82, 2.24) is 4.57 Å². The maximum absolute atomic E-state index is 12.0. The van der Waals surface area contributed by atoms with Crippen LogP contribution in [-0.4, -0.2) is 4.57 Å². The molecule has 0 spiro atoms. The van der Waals surface area contributed by atoms with Crippen LogP contribution in [0.3, 0.4) is 0 Å². The third-order valence-corrected chi connectivity index (χ3v) is 2.61. The van der Waals surface area contributed by atoms with Crippen molar-refractivity contribution in [3.8, 4) is 12.3 Å². The van der Waals surface area contributed by atoms with Gasteiger partial charge in [-0.3, -0.25) is 4.79 Å². The van der Waals surface area contributed by atoms with Crippen LogP contribution in [0.1, 0.15) is 12.8 Å². The fourth-order valence-electron chi connectivity index (χ4n) is 1.76. The van der Waals surface area contributed by atoms with Crippen molar-refractivity contribution in [2.75, 3.05) is 0 Å². The fourth-order valence-corrected chi connectivity index (χ4v) is 1.76. The van der Waals surface area contributed by atoms with Gasteiger partial charge in [0.1, 0.15) is 0 Å². The molecule has 2 nitrogen and oxygen atoms in total. The first kappa shape index (κ1) is 10.5. The summed E-state index contributed by atoms with van der Waals surface area (Å²) in [5, 5.41) is 1.76. The average Bonchev–Trinajstić information content (AvgIpc) is 2.33. The average molecular weight is 211 g/mol. The second-order valence-electron chi connectivity index (χ2n) is 3.71. The van der Waals surface area contributed by atoms with E-state index in [2.05, 4.69) is 5.92 Å². The largest absolute Gasteiger partial charge is 0.315 e. The Kier molecular flexibility index (Phi) is 3.07. The Morgan fingerprint density at radius 1 is 1.25 bits per heavy atom. The minimum atomic E-state index is 0.0649. The summed E-state index contributed by atoms with van der Waals surface area (Å²) in [6, 6.07) is 9.59. The highest BCUT2D eigenvalue weighted by Crippen LogP contribution is 2.08. The second kappa shape index (κ2) is 4.67. The lowest BCUT2D eigenvalue weighted by atomic mass is 10.2. The van der Waals surface area contributed by atoms with Crippen molar-refractivity contribution in [1.29, 1.82) is 0 Å². The highest BCUT2D eigenvalue weighted by Gasteiger charge is 2.00. The smallest absolute Gasteiger partial charge is 0.258 e. The molecule has 0 bridgehead atoms. The third-order valence-electron chi connectivity index (χ3n) is 2.61. The van der Waals surface area contributed by atoms with Gasteiger partial charge in [-0.1, -0.05) is 18.2 Å². The molecule has 80 valence electrons. The Hall–Kier alpha value is -2.01. The van der Waals surface area contributed by atoms with Crippen LogP contribution in [0, 0.1) is 12.3 Å². The normalized spacial score (nSPS) is 10.2. The first-order chi connectivity index (χ1) is 7.83. The molecule has 0 aliphatic rings. The fraction of sp³-hybridized carbons (Fsp3) is 0.214. The number of hydrogen-bond donors (Lipinski definition) is 0. The molecule has 1 aromatic heterocycles. The molecule has 16 heavy (non-hydrogen) atoms. The first-order valence-corrected chi connectivity index (χ1v) is 5.34. The van der Waals surface area contributed by atoms with E-state index in [0.717, 1.165) is 17.2 Å². The lowest BCUT2D eigenvalue weighted by Crippen LogP contribution is -2.19. The topological polar surface area (TPSA) is 22.0 Å². The molecule has 0 N–H and O–H groups in total. The molecule has 1 aromatic carbocycles. The number of rotatable bonds is 3. The van der Waals surface area contributed by atoms with Crippen LogP contribution in [0.25, 0.3) is 10.8 Å². The van der Waals surface area contributed by atoms with Crippen molar-refractivity contribution < 1.29 is 0 Å². The zero-order valence-corrected chi connectivity index (χ0v) is 9.02. The summed E-state index contributed by atoms with van der Waals surface area (Å²) < 4.78 is 1.72. The number of pyridine rings is 1. The van der Waals surface area contributed by atoms with Gasteiger partial charge < -0.3 is 4.57 Å². The Bertz CT molecular complexity index is 589. The van der Waals surface area contributed by atoms with Crippen LogP contribution >= 0.6 is 0 Å². The van der Waals surface area contributed by atoms with Gasteiger partial charge >= 0.3 is 0 Å². The molecule has 0 fully saturated rings. The van der Waals surface area contributed by atoms with Gasteiger partial charge in [0.25, 0.3) is 5.56 Å². The van der Waals surface area contributed by atoms with Crippen molar-refractivity contribution in [2.24, 2.45) is 0 Å². The van der Waals surface area contributed by atoms with Crippen molar-refractivity contribution in [2.45, 2.75) is 19.4 Å². The number of aromatic nitrogens is 1. The van der Waals surface area contributed by atoms with Gasteiger partial charge in [-0.15, -0.1) is 12.3 Å². The molecule has 0 saturated heterocycles. The number of terminal acetylenes is 1. The van der Waals surface area contributed by atoms with Gasteiger partial charge in [-0.25, -0.2) is 0 Å². The molecule has 0 aliphatic heterocycles. The number of unbranched alkanes of at least 4 members (excludes halogenated alkanes) is 1. The molecule has 0 atom stereocenters. The maximum atomic E-state index is 12.0. The number of fused-ring (bicyclic) bond motifs is 1. The van der Waals surface area contributed by atoms with E-state index in [1.54, 1.807) is 4.57 Å². The van der Waals surface area contributed by atoms with E-state index in [-0.39, 0.29) is 5.56 Å². The van der Waals surface area contributed by atoms with E-state index in [0.29, 0.717) is 13.0 Å². The van der Waals surface area contributed by atoms with Gasteiger partial charge in [-0.05, 0) is 23.9 Å². The van der Waals surface area contributed by atoms with E-state index in [1.807, 2.05) is 36.5 Å². The molecule has 0 unspecified atom stereocenters. The summed E-state index contributed by atoms with van der Waals surface area (Å²) >= 11 is 0. The molecule has 0 saturated carbocycles. The maximum Gasteiger partial charge on any atom is 0.258 e. The summed E-state index contributed by atoms with van der Waals surface area (Å²) in [5.41, 5.74) is 0.0649. The number of aryl methyl sites for hydroxylation is 1. The van der Waals surface area contributed by atoms with Crippen LogP contribution in [0.2, 0.25) is 0 Å². The molecule has 0 amide bonds. The zero-order chi connectivity index (χ0) is 11.4. The Labute approximate surface area is 94.5 Å². The van der Waals surface area contributed by atoms with Crippen LogP contribution in [0.5, 0.6) is 0 Å². The summed E-state index contributed by atoms with van der Waals surface area (Å²) in [6.45, 7) is 0.688. The predicted octanol–water partition coefficient (Wildman–Crippen LogP) is 2.41. The van der Waals surface area contributed by atoms with Crippen molar-refractivity contribution >= 4 is 10.8 Å². The van der Waals surface area contributed by atoms with E-state index >= 15 is 0 Å². The van der Waals surface area contributed by atoms with Crippen molar-refractivity contribution in [3.63, 3.8) is 0 Å². The molecular weight excluding hydrogens is 198 g/mol. The van der Waals surface area contributed by atoms with Gasteiger partial charge in [0, 0.05) is 24.5 Å². The first-order valence-electron chi connectivity index (χ1n) is 5.34. The third kappa shape index (κ3) is 1.99. The van der Waals surface area contributed by atoms with E-state index in [4.69, 9.17) is 6.42 Å². The molecule has 1 heterocycles. The number of nitrogens with zero attached hydrogens (tertiary/aromatic N) is 1. The molecule has 0 aliphatic carbocycles. The Morgan fingerprint density at radius 2 is 2.06 bits per heavy atom. The monoisotopic (exact) mass is 211 g/mol. The lowest BCUT2D eigenvalue weighted by Gasteiger charge is -2.05. The summed E-state index contributed by atoms with van der Waals surface area (Å²) in [5.74, 6) is 2.58. The summed E-state index contributed by atoms with van der Waals surface area (Å²) in [7, 11) is 0. The van der Waals surface area contributed by atoms with Crippen LogP contribution in [-0.2, 0) is 6.54 Å². The minimum absolute atomic E-state index is 0.0649. The number of benzene rings is 1. The van der Waals surface area contributed by atoms with E-state index < -0.39 is 0 Å². The van der Waals surface area contributed by atoms with Gasteiger partial charge in [0.05, 0.1) is 0 Å². The Balaban J connectivity index is 2.38. The van der Waals surface area contributed by atoms with Crippen LogP contribution in [0.4, 0.5) is 0 Å². The highest BCUT2D eigenvalue weighted by atomic mass is 16.1. The molecule has 2 rings (SSSR count). The Morgan fingerprint density at radius 3 is 2.88 bits per heavy atom. The van der Waals surface area contributed by atoms with Crippen LogP contribution < -0.4 is 5.56 Å². The lowest BCUT2D eigenvalue weighted by molar-refractivity contribution is 0.638. The molecular formula is C14H13NO. The summed E-state index contributed by atoms with van der Waals surface area (Å²) in [6.07, 6.45) is 8.57. The van der Waals surface area contributed by atoms with E-state index in [9.17, 15) is 4.79 Å². The molecule has 2 heteroatoms. The van der Waals surface area contributed by atoms with E-state index in [1.165, 1.54) is 0 Å².